The highest BCUT2D eigenvalue weighted by Gasteiger charge is 2.22. The van der Waals surface area contributed by atoms with Gasteiger partial charge in [0.25, 0.3) is 7.82 Å². The van der Waals surface area contributed by atoms with Crippen molar-refractivity contribution in [3.63, 3.8) is 0 Å². The van der Waals surface area contributed by atoms with Crippen molar-refractivity contribution in [2.24, 2.45) is 0 Å². The number of nitrogens with zero attached hydrogens (tertiary/aromatic N) is 1. The molecule has 0 aliphatic heterocycles. The number of phosphoric acid groups is 1. The number of likely N-dealkylation sites (N-methyl/N-ethyl adjacent to an activating group) is 1. The molecular formula is C55H108NO8P. The molecule has 0 rings (SSSR count). The van der Waals surface area contributed by atoms with Crippen molar-refractivity contribution < 1.29 is 42.1 Å². The van der Waals surface area contributed by atoms with Gasteiger partial charge in [-0.15, -0.1) is 0 Å². The Hall–Kier alpha value is -1.25. The zero-order chi connectivity index (χ0) is 47.8. The van der Waals surface area contributed by atoms with E-state index < -0.39 is 26.5 Å². The summed E-state index contributed by atoms with van der Waals surface area (Å²) < 4.78 is 34.0. The highest BCUT2D eigenvalue weighted by atomic mass is 31.2. The monoisotopic (exact) mass is 942 g/mol. The number of carbonyl (C=O) groups excluding carboxylic acids is 2. The molecule has 0 heterocycles. The molecular weight excluding hydrogens is 834 g/mol. The third kappa shape index (κ3) is 52.0. The molecule has 0 fully saturated rings. The van der Waals surface area contributed by atoms with Crippen LogP contribution in [-0.4, -0.2) is 70.0 Å². The number of hydrogen-bond acceptors (Lipinski definition) is 8. The Morgan fingerprint density at radius 1 is 0.462 bits per heavy atom. The largest absolute Gasteiger partial charge is 0.756 e. The molecule has 386 valence electrons. The summed E-state index contributed by atoms with van der Waals surface area (Å²) in [7, 11) is 1.17. The number of carbonyl (C=O) groups is 2. The van der Waals surface area contributed by atoms with E-state index in [-0.39, 0.29) is 32.0 Å². The summed E-state index contributed by atoms with van der Waals surface area (Å²) in [5, 5.41) is 0. The van der Waals surface area contributed by atoms with Crippen molar-refractivity contribution in [2.75, 3.05) is 47.5 Å². The number of hydrogen-bond donors (Lipinski definition) is 0. The van der Waals surface area contributed by atoms with Gasteiger partial charge in [-0.1, -0.05) is 244 Å². The molecule has 2 unspecified atom stereocenters. The average molecular weight is 942 g/mol. The fourth-order valence-corrected chi connectivity index (χ4v) is 8.92. The number of allylic oxidation sites excluding steroid dienone is 2. The molecule has 0 aromatic rings. The Morgan fingerprint density at radius 2 is 0.815 bits per heavy atom. The molecule has 0 aromatic carbocycles. The van der Waals surface area contributed by atoms with Gasteiger partial charge in [0.15, 0.2) is 6.10 Å². The second-order valence-corrected chi connectivity index (χ2v) is 21.7. The highest BCUT2D eigenvalue weighted by Crippen LogP contribution is 2.38. The third-order valence-corrected chi connectivity index (χ3v) is 13.5. The van der Waals surface area contributed by atoms with Crippen molar-refractivity contribution in [3.05, 3.63) is 12.2 Å². The summed E-state index contributed by atoms with van der Waals surface area (Å²) in [5.74, 6) is -0.833. The molecule has 0 radical (unpaired) electrons. The van der Waals surface area contributed by atoms with Gasteiger partial charge >= 0.3 is 11.9 Å². The van der Waals surface area contributed by atoms with Crippen LogP contribution in [0.2, 0.25) is 0 Å². The highest BCUT2D eigenvalue weighted by molar-refractivity contribution is 7.45. The number of phosphoric ester groups is 1. The van der Waals surface area contributed by atoms with E-state index in [1.807, 2.05) is 21.1 Å². The topological polar surface area (TPSA) is 111 Å². The SMILES string of the molecule is CCC/C=C\CCCCCCCC(=O)OC(COC(=O)CCCCCCCCCCCCCCCCCCCCCCCCCCCCCCCCC)COP(=O)([O-])OCC[N+](C)(C)C. The number of rotatable bonds is 52. The molecule has 9 nitrogen and oxygen atoms in total. The van der Waals surface area contributed by atoms with Crippen LogP contribution in [0.4, 0.5) is 0 Å². The van der Waals surface area contributed by atoms with Crippen molar-refractivity contribution in [3.8, 4) is 0 Å². The van der Waals surface area contributed by atoms with Gasteiger partial charge in [0.05, 0.1) is 27.7 Å². The summed E-state index contributed by atoms with van der Waals surface area (Å²) in [6.07, 6.45) is 54.4. The summed E-state index contributed by atoms with van der Waals surface area (Å²) in [6.45, 7) is 4.20. The molecule has 10 heteroatoms. The summed E-state index contributed by atoms with van der Waals surface area (Å²) in [4.78, 5) is 37.6. The maximum atomic E-state index is 12.7. The quantitative estimate of drug-likeness (QED) is 0.0195. The van der Waals surface area contributed by atoms with Crippen LogP contribution in [0.5, 0.6) is 0 Å². The van der Waals surface area contributed by atoms with E-state index in [2.05, 4.69) is 26.0 Å². The van der Waals surface area contributed by atoms with Gasteiger partial charge in [-0.05, 0) is 32.1 Å². The van der Waals surface area contributed by atoms with E-state index in [1.54, 1.807) is 0 Å². The van der Waals surface area contributed by atoms with Gasteiger partial charge in [0, 0.05) is 12.8 Å². The Labute approximate surface area is 403 Å². The van der Waals surface area contributed by atoms with Gasteiger partial charge in [-0.2, -0.15) is 0 Å². The van der Waals surface area contributed by atoms with E-state index in [0.29, 0.717) is 17.4 Å². The van der Waals surface area contributed by atoms with Crippen LogP contribution in [-0.2, 0) is 32.7 Å². The summed E-state index contributed by atoms with van der Waals surface area (Å²) in [5.41, 5.74) is 0. The first-order valence-electron chi connectivity index (χ1n) is 27.9. The zero-order valence-electron chi connectivity index (χ0n) is 43.7. The number of esters is 2. The molecule has 0 saturated carbocycles. The van der Waals surface area contributed by atoms with Gasteiger partial charge in [-0.25, -0.2) is 0 Å². The fraction of sp³-hybridized carbons (Fsp3) is 0.927. The van der Waals surface area contributed by atoms with E-state index in [0.717, 1.165) is 57.8 Å². The fourth-order valence-electron chi connectivity index (χ4n) is 8.19. The molecule has 0 amide bonds. The lowest BCUT2D eigenvalue weighted by Gasteiger charge is -2.28. The standard InChI is InChI=1S/C55H108NO8P/c1-6-8-10-12-14-16-18-19-20-21-22-23-24-25-26-27-28-29-30-31-32-33-34-35-36-37-38-40-41-43-45-47-54(57)61-51-53(52-63-65(59,60)62-50-49-56(3,4)5)64-55(58)48-46-44-42-39-17-15-13-11-9-7-2/h11,13,53H,6-10,12,14-52H2,1-5H3/b13-11-. The molecule has 0 N–H and O–H groups in total. The third-order valence-electron chi connectivity index (χ3n) is 12.5. The van der Waals surface area contributed by atoms with Crippen LogP contribution in [0.25, 0.3) is 0 Å². The van der Waals surface area contributed by atoms with Gasteiger partial charge in [-0.3, -0.25) is 14.2 Å². The average Bonchev–Trinajstić information content (AvgIpc) is 3.26. The minimum absolute atomic E-state index is 0.0293. The first kappa shape index (κ1) is 63.8. The minimum Gasteiger partial charge on any atom is -0.756 e. The Kier molecular flexibility index (Phi) is 46.9. The Morgan fingerprint density at radius 3 is 1.20 bits per heavy atom. The first-order valence-corrected chi connectivity index (χ1v) is 29.4. The van der Waals surface area contributed by atoms with Crippen molar-refractivity contribution in [2.45, 2.75) is 283 Å². The maximum Gasteiger partial charge on any atom is 0.306 e. The first-order chi connectivity index (χ1) is 31.5. The van der Waals surface area contributed by atoms with Crippen molar-refractivity contribution in [1.29, 1.82) is 0 Å². The molecule has 65 heavy (non-hydrogen) atoms. The van der Waals surface area contributed by atoms with E-state index in [9.17, 15) is 19.0 Å². The second kappa shape index (κ2) is 47.8. The molecule has 0 aromatic heterocycles. The van der Waals surface area contributed by atoms with Crippen LogP contribution >= 0.6 is 7.82 Å². The molecule has 0 saturated heterocycles. The molecule has 0 aliphatic carbocycles. The molecule has 0 spiro atoms. The predicted octanol–water partition coefficient (Wildman–Crippen LogP) is 16.2. The normalized spacial score (nSPS) is 13.4. The maximum absolute atomic E-state index is 12.7. The van der Waals surface area contributed by atoms with Gasteiger partial charge in [0.1, 0.15) is 19.8 Å². The number of ether oxygens (including phenoxy) is 2. The summed E-state index contributed by atoms with van der Waals surface area (Å²) >= 11 is 0. The van der Waals surface area contributed by atoms with Crippen LogP contribution in [0, 0.1) is 0 Å². The summed E-state index contributed by atoms with van der Waals surface area (Å²) in [6, 6.07) is 0. The lowest BCUT2D eigenvalue weighted by molar-refractivity contribution is -0.870. The molecule has 0 bridgehead atoms. The van der Waals surface area contributed by atoms with Gasteiger partial charge in [0.2, 0.25) is 0 Å². The Balaban J connectivity index is 3.90. The van der Waals surface area contributed by atoms with Crippen molar-refractivity contribution >= 4 is 19.8 Å². The van der Waals surface area contributed by atoms with E-state index >= 15 is 0 Å². The number of unbranched alkanes of at least 4 members (excludes halogenated alkanes) is 36. The second-order valence-electron chi connectivity index (χ2n) is 20.3. The number of quaternary nitrogens is 1. The predicted molar refractivity (Wildman–Crippen MR) is 273 cm³/mol. The minimum atomic E-state index is -4.62. The van der Waals surface area contributed by atoms with Crippen LogP contribution in [0.1, 0.15) is 277 Å². The van der Waals surface area contributed by atoms with Gasteiger partial charge < -0.3 is 27.9 Å². The molecule has 0 aliphatic rings. The van der Waals surface area contributed by atoms with E-state index in [1.165, 1.54) is 186 Å². The molecule has 2 atom stereocenters. The van der Waals surface area contributed by atoms with Crippen molar-refractivity contribution in [1.82, 2.24) is 0 Å². The zero-order valence-corrected chi connectivity index (χ0v) is 44.6. The van der Waals surface area contributed by atoms with E-state index in [4.69, 9.17) is 18.5 Å². The van der Waals surface area contributed by atoms with Crippen LogP contribution in [0.15, 0.2) is 12.2 Å². The Bertz CT molecular complexity index is 1110. The van der Waals surface area contributed by atoms with Crippen LogP contribution in [0.3, 0.4) is 0 Å². The lowest BCUT2D eigenvalue weighted by atomic mass is 10.0. The lowest BCUT2D eigenvalue weighted by Crippen LogP contribution is -2.37. The van der Waals surface area contributed by atoms with Crippen LogP contribution < -0.4 is 4.89 Å². The smallest absolute Gasteiger partial charge is 0.306 e.